The van der Waals surface area contributed by atoms with Crippen LogP contribution in [0.4, 0.5) is 0 Å². The third kappa shape index (κ3) is 8.88. The molecule has 6 rings (SSSR count). The van der Waals surface area contributed by atoms with E-state index in [2.05, 4.69) is 0 Å². The number of carbonyl (C=O) groups is 4. The van der Waals surface area contributed by atoms with E-state index in [1.807, 2.05) is 91.0 Å². The standard InChI is InChI=1S/C44H33ClO7/c45-39(29-50-42(47)36-22-16-33(17-23-36)30-10-4-1-5-11-30)41(52-44(49)38-26-20-35(21-27-38)32-14-8-3-9-15-32)40(28-46)51-43(48)37-24-18-34(19-25-37)31-12-6-2-7-13-31/h1-28,39-41H,29H2/t39-,40+,41+/m1/s1. The van der Waals surface area contributed by atoms with E-state index in [-0.39, 0.29) is 16.7 Å². The minimum absolute atomic E-state index is 0.171. The summed E-state index contributed by atoms with van der Waals surface area (Å²) in [5.41, 5.74) is 6.21. The number of esters is 3. The Balaban J connectivity index is 1.17. The quantitative estimate of drug-likeness (QED) is 0.0511. The van der Waals surface area contributed by atoms with Gasteiger partial charge in [0, 0.05) is 0 Å². The highest BCUT2D eigenvalue weighted by atomic mass is 35.5. The number of rotatable bonds is 13. The molecule has 258 valence electrons. The fraction of sp³-hybridized carbons (Fsp3) is 0.0909. The summed E-state index contributed by atoms with van der Waals surface area (Å²) in [4.78, 5) is 52.1. The summed E-state index contributed by atoms with van der Waals surface area (Å²) in [7, 11) is 0. The van der Waals surface area contributed by atoms with E-state index in [1.54, 1.807) is 72.8 Å². The van der Waals surface area contributed by atoms with Gasteiger partial charge in [-0.25, -0.2) is 14.4 Å². The van der Waals surface area contributed by atoms with E-state index in [4.69, 9.17) is 25.8 Å². The zero-order valence-corrected chi connectivity index (χ0v) is 28.6. The minimum atomic E-state index is -1.62. The number of carbonyl (C=O) groups excluding carboxylic acids is 4. The van der Waals surface area contributed by atoms with Crippen molar-refractivity contribution in [3.63, 3.8) is 0 Å². The molecule has 52 heavy (non-hydrogen) atoms. The maximum Gasteiger partial charge on any atom is 0.338 e. The van der Waals surface area contributed by atoms with Crippen molar-refractivity contribution in [3.05, 3.63) is 180 Å². The third-order valence-corrected chi connectivity index (χ3v) is 8.73. The Hall–Kier alpha value is -6.31. The molecule has 0 aliphatic rings. The van der Waals surface area contributed by atoms with Gasteiger partial charge < -0.3 is 14.2 Å². The van der Waals surface area contributed by atoms with Crippen molar-refractivity contribution in [3.8, 4) is 33.4 Å². The summed E-state index contributed by atoms with van der Waals surface area (Å²) in [6.07, 6.45) is -2.80. The van der Waals surface area contributed by atoms with Crippen LogP contribution >= 0.6 is 11.6 Å². The summed E-state index contributed by atoms with van der Waals surface area (Å²) >= 11 is 6.71. The molecule has 6 aromatic rings. The first kappa shape index (κ1) is 35.5. The lowest BCUT2D eigenvalue weighted by atomic mass is 10.0. The molecule has 3 atom stereocenters. The van der Waals surface area contributed by atoms with E-state index in [0.717, 1.165) is 33.4 Å². The van der Waals surface area contributed by atoms with Crippen LogP contribution in [0.1, 0.15) is 31.1 Å². The van der Waals surface area contributed by atoms with Crippen molar-refractivity contribution in [2.24, 2.45) is 0 Å². The van der Waals surface area contributed by atoms with Gasteiger partial charge in [0.15, 0.2) is 18.5 Å². The summed E-state index contributed by atoms with van der Waals surface area (Å²) in [5, 5.41) is -1.27. The van der Waals surface area contributed by atoms with Gasteiger partial charge in [-0.3, -0.25) is 4.79 Å². The zero-order chi connectivity index (χ0) is 36.3. The molecule has 0 aliphatic carbocycles. The van der Waals surface area contributed by atoms with Crippen molar-refractivity contribution in [2.45, 2.75) is 17.6 Å². The number of ether oxygens (including phenoxy) is 3. The van der Waals surface area contributed by atoms with Gasteiger partial charge in [0.25, 0.3) is 0 Å². The smallest absolute Gasteiger partial charge is 0.338 e. The molecule has 8 heteroatoms. The molecule has 0 heterocycles. The monoisotopic (exact) mass is 708 g/mol. The largest absolute Gasteiger partial charge is 0.460 e. The topological polar surface area (TPSA) is 96.0 Å². The average molecular weight is 709 g/mol. The first-order valence-electron chi connectivity index (χ1n) is 16.5. The second-order valence-corrected chi connectivity index (χ2v) is 12.4. The molecule has 0 saturated carbocycles. The molecule has 0 bridgehead atoms. The van der Waals surface area contributed by atoms with Crippen molar-refractivity contribution >= 4 is 35.8 Å². The fourth-order valence-corrected chi connectivity index (χ4v) is 5.78. The molecule has 7 nitrogen and oxygen atoms in total. The van der Waals surface area contributed by atoms with Crippen LogP contribution in [-0.2, 0) is 19.0 Å². The second-order valence-electron chi connectivity index (χ2n) is 11.8. The second kappa shape index (κ2) is 17.1. The molecule has 0 aliphatic heterocycles. The number of halogens is 1. The Labute approximate surface area is 306 Å². The van der Waals surface area contributed by atoms with E-state index in [0.29, 0.717) is 6.29 Å². The Morgan fingerprint density at radius 2 is 0.788 bits per heavy atom. The number of hydrogen-bond acceptors (Lipinski definition) is 7. The molecule has 0 aromatic heterocycles. The molecular weight excluding hydrogens is 676 g/mol. The van der Waals surface area contributed by atoms with Gasteiger partial charge in [-0.1, -0.05) is 127 Å². The van der Waals surface area contributed by atoms with Crippen molar-refractivity contribution in [2.75, 3.05) is 6.61 Å². The predicted molar refractivity (Wildman–Crippen MR) is 200 cm³/mol. The maximum atomic E-state index is 13.4. The van der Waals surface area contributed by atoms with Gasteiger partial charge in [-0.2, -0.15) is 0 Å². The lowest BCUT2D eigenvalue weighted by Gasteiger charge is -2.27. The van der Waals surface area contributed by atoms with Crippen LogP contribution in [-0.4, -0.2) is 48.4 Å². The van der Waals surface area contributed by atoms with Crippen LogP contribution in [0.3, 0.4) is 0 Å². The Morgan fingerprint density at radius 3 is 1.15 bits per heavy atom. The number of benzene rings is 6. The Bertz CT molecular complexity index is 2100. The molecule has 0 amide bonds. The zero-order valence-electron chi connectivity index (χ0n) is 27.8. The average Bonchev–Trinajstić information content (AvgIpc) is 3.22. The third-order valence-electron chi connectivity index (χ3n) is 8.36. The highest BCUT2D eigenvalue weighted by Gasteiger charge is 2.36. The molecule has 0 N–H and O–H groups in total. The lowest BCUT2D eigenvalue weighted by Crippen LogP contribution is -2.44. The van der Waals surface area contributed by atoms with Gasteiger partial charge in [-0.15, -0.1) is 11.6 Å². The van der Waals surface area contributed by atoms with Crippen LogP contribution in [0.2, 0.25) is 0 Å². The molecule has 0 fully saturated rings. The van der Waals surface area contributed by atoms with Crippen molar-refractivity contribution < 1.29 is 33.4 Å². The van der Waals surface area contributed by atoms with E-state index < -0.39 is 42.1 Å². The molecule has 0 radical (unpaired) electrons. The van der Waals surface area contributed by atoms with Gasteiger partial charge >= 0.3 is 17.9 Å². The highest BCUT2D eigenvalue weighted by Crippen LogP contribution is 2.24. The molecule has 0 spiro atoms. The maximum absolute atomic E-state index is 13.4. The molecule has 0 saturated heterocycles. The molecular formula is C44H33ClO7. The summed E-state index contributed by atoms with van der Waals surface area (Å²) in [5.74, 6) is -2.32. The van der Waals surface area contributed by atoms with Crippen LogP contribution in [0, 0.1) is 0 Å². The van der Waals surface area contributed by atoms with E-state index in [1.165, 1.54) is 0 Å². The van der Waals surface area contributed by atoms with Gasteiger partial charge in [0.1, 0.15) is 12.0 Å². The number of hydrogen-bond donors (Lipinski definition) is 0. The van der Waals surface area contributed by atoms with E-state index in [9.17, 15) is 19.2 Å². The van der Waals surface area contributed by atoms with E-state index >= 15 is 0 Å². The highest BCUT2D eigenvalue weighted by molar-refractivity contribution is 6.21. The predicted octanol–water partition coefficient (Wildman–Crippen LogP) is 9.10. The normalized spacial score (nSPS) is 12.5. The van der Waals surface area contributed by atoms with Crippen LogP contribution in [0.5, 0.6) is 0 Å². The Morgan fingerprint density at radius 1 is 0.462 bits per heavy atom. The molecule has 6 aromatic carbocycles. The molecule has 0 unspecified atom stereocenters. The number of alkyl halides is 1. The first-order chi connectivity index (χ1) is 25.4. The van der Waals surface area contributed by atoms with Gasteiger partial charge in [0.2, 0.25) is 0 Å². The lowest BCUT2D eigenvalue weighted by molar-refractivity contribution is -0.122. The summed E-state index contributed by atoms with van der Waals surface area (Å²) in [6.45, 7) is -0.459. The van der Waals surface area contributed by atoms with Crippen molar-refractivity contribution in [1.29, 1.82) is 0 Å². The first-order valence-corrected chi connectivity index (χ1v) is 17.0. The van der Waals surface area contributed by atoms with Crippen LogP contribution in [0.25, 0.3) is 33.4 Å². The summed E-state index contributed by atoms with van der Waals surface area (Å²) in [6, 6.07) is 49.1. The SMILES string of the molecule is O=C[C@H](OC(=O)c1ccc(-c2ccccc2)cc1)[C@@H](OC(=O)c1ccc(-c2ccccc2)cc1)[C@H](Cl)COC(=O)c1ccc(-c2ccccc2)cc1. The fourth-order valence-electron chi connectivity index (χ4n) is 5.52. The van der Waals surface area contributed by atoms with Crippen LogP contribution < -0.4 is 0 Å². The van der Waals surface area contributed by atoms with Crippen LogP contribution in [0.15, 0.2) is 164 Å². The van der Waals surface area contributed by atoms with Gasteiger partial charge in [0.05, 0.1) is 16.7 Å². The van der Waals surface area contributed by atoms with Crippen molar-refractivity contribution in [1.82, 2.24) is 0 Å². The summed E-state index contributed by atoms with van der Waals surface area (Å²) < 4.78 is 16.8. The Kier molecular flexibility index (Phi) is 11.7. The number of aldehydes is 1. The minimum Gasteiger partial charge on any atom is -0.460 e. The van der Waals surface area contributed by atoms with Gasteiger partial charge in [-0.05, 0) is 69.8 Å².